The molecule has 4 saturated heterocycles. The Kier molecular flexibility index (Phi) is 2.84. The minimum Gasteiger partial charge on any atom is -0.341 e. The van der Waals surface area contributed by atoms with E-state index < -0.39 is 5.54 Å². The van der Waals surface area contributed by atoms with Crippen LogP contribution in [0.4, 0.5) is 5.69 Å². The lowest BCUT2D eigenvalue weighted by Crippen LogP contribution is -2.73. The van der Waals surface area contributed by atoms with Crippen LogP contribution in [0.1, 0.15) is 24.8 Å². The predicted molar refractivity (Wildman–Crippen MR) is 96.5 cm³/mol. The van der Waals surface area contributed by atoms with Crippen molar-refractivity contribution in [1.29, 1.82) is 0 Å². The summed E-state index contributed by atoms with van der Waals surface area (Å²) < 4.78 is 0. The summed E-state index contributed by atoms with van der Waals surface area (Å²) in [6.07, 6.45) is 3.01. The van der Waals surface area contributed by atoms with Gasteiger partial charge >= 0.3 is 0 Å². The van der Waals surface area contributed by atoms with Gasteiger partial charge in [-0.3, -0.25) is 14.5 Å². The standard InChI is InChI=1S/C20H24N4O2/c25-17(23-11-19(12-23)9-21-10-19)15-8-13-4-3-7-24(13)20(15)14-5-1-2-6-16(14)22-18(20)26/h1-2,5-6,13,15,21H,3-4,7-12H2,(H,22,26)/t13-,15+,20+/m1/s1. The van der Waals surface area contributed by atoms with E-state index in [1.807, 2.05) is 29.2 Å². The van der Waals surface area contributed by atoms with E-state index in [-0.39, 0.29) is 17.7 Å². The molecular formula is C20H24N4O2. The second-order valence-electron chi connectivity index (χ2n) is 8.84. The number of nitrogens with one attached hydrogen (secondary N) is 2. The van der Waals surface area contributed by atoms with Crippen LogP contribution in [-0.4, -0.2) is 60.4 Å². The smallest absolute Gasteiger partial charge is 0.250 e. The molecule has 0 unspecified atom stereocenters. The number of likely N-dealkylation sites (tertiary alicyclic amines) is 1. The van der Waals surface area contributed by atoms with Crippen LogP contribution in [0.25, 0.3) is 0 Å². The second kappa shape index (κ2) is 4.87. The van der Waals surface area contributed by atoms with Crippen LogP contribution in [-0.2, 0) is 15.1 Å². The van der Waals surface area contributed by atoms with E-state index in [0.29, 0.717) is 11.5 Å². The molecule has 2 amide bonds. The van der Waals surface area contributed by atoms with E-state index in [9.17, 15) is 9.59 Å². The number of para-hydroxylation sites is 1. The highest BCUT2D eigenvalue weighted by Gasteiger charge is 2.66. The van der Waals surface area contributed by atoms with Gasteiger partial charge in [-0.05, 0) is 31.9 Å². The number of carbonyl (C=O) groups excluding carboxylic acids is 2. The van der Waals surface area contributed by atoms with Crippen LogP contribution in [0.2, 0.25) is 0 Å². The number of amides is 2. The van der Waals surface area contributed by atoms with Crippen LogP contribution in [0.3, 0.4) is 0 Å². The molecule has 5 aliphatic heterocycles. The van der Waals surface area contributed by atoms with Crippen molar-refractivity contribution in [2.45, 2.75) is 30.8 Å². The average Bonchev–Trinajstić information content (AvgIpc) is 3.19. The van der Waals surface area contributed by atoms with Gasteiger partial charge < -0.3 is 15.5 Å². The number of hydrogen-bond donors (Lipinski definition) is 2. The first-order valence-electron chi connectivity index (χ1n) is 9.81. The van der Waals surface area contributed by atoms with E-state index in [4.69, 9.17) is 0 Å². The molecule has 26 heavy (non-hydrogen) atoms. The third-order valence-corrected chi connectivity index (χ3v) is 7.44. The maximum Gasteiger partial charge on any atom is 0.250 e. The Labute approximate surface area is 152 Å². The van der Waals surface area contributed by atoms with Crippen molar-refractivity contribution in [1.82, 2.24) is 15.1 Å². The van der Waals surface area contributed by atoms with Gasteiger partial charge in [0.25, 0.3) is 0 Å². The lowest BCUT2D eigenvalue weighted by Gasteiger charge is -2.57. The fraction of sp³-hybridized carbons (Fsp3) is 0.600. The molecule has 0 aromatic heterocycles. The molecule has 5 heterocycles. The van der Waals surface area contributed by atoms with E-state index in [1.54, 1.807) is 0 Å². The molecular weight excluding hydrogens is 328 g/mol. The fourth-order valence-electron chi connectivity index (χ4n) is 6.20. The zero-order chi connectivity index (χ0) is 17.5. The molecule has 2 N–H and O–H groups in total. The molecule has 0 bridgehead atoms. The Morgan fingerprint density at radius 2 is 2.00 bits per heavy atom. The first-order valence-corrected chi connectivity index (χ1v) is 9.81. The summed E-state index contributed by atoms with van der Waals surface area (Å²) >= 11 is 0. The molecule has 2 spiro atoms. The SMILES string of the molecule is O=C([C@@H]1C[C@H]2CCCN2[C@]12C(=O)Nc1ccccc12)N1CC2(CNC2)C1. The first kappa shape index (κ1) is 15.2. The summed E-state index contributed by atoms with van der Waals surface area (Å²) in [5.41, 5.74) is 1.41. The topological polar surface area (TPSA) is 64.7 Å². The molecule has 4 fully saturated rings. The van der Waals surface area contributed by atoms with Gasteiger partial charge in [0.1, 0.15) is 5.54 Å². The molecule has 1 aromatic carbocycles. The highest BCUT2D eigenvalue weighted by molar-refractivity contribution is 6.09. The van der Waals surface area contributed by atoms with E-state index in [2.05, 4.69) is 15.5 Å². The fourth-order valence-corrected chi connectivity index (χ4v) is 6.20. The summed E-state index contributed by atoms with van der Waals surface area (Å²) in [4.78, 5) is 31.2. The van der Waals surface area contributed by atoms with Gasteiger partial charge in [0.05, 0.1) is 5.92 Å². The van der Waals surface area contributed by atoms with Gasteiger partial charge in [0.2, 0.25) is 11.8 Å². The number of hydrogen-bond acceptors (Lipinski definition) is 4. The van der Waals surface area contributed by atoms with Crippen LogP contribution in [0.5, 0.6) is 0 Å². The summed E-state index contributed by atoms with van der Waals surface area (Å²) in [7, 11) is 0. The summed E-state index contributed by atoms with van der Waals surface area (Å²) in [5, 5.41) is 6.40. The Bertz CT molecular complexity index is 812. The third-order valence-electron chi connectivity index (χ3n) is 7.44. The highest BCUT2D eigenvalue weighted by Crippen LogP contribution is 2.56. The number of anilines is 1. The van der Waals surface area contributed by atoms with Crippen LogP contribution < -0.4 is 10.6 Å². The van der Waals surface area contributed by atoms with Crippen molar-refractivity contribution in [3.8, 4) is 0 Å². The van der Waals surface area contributed by atoms with Gasteiger partial charge in [-0.15, -0.1) is 0 Å². The van der Waals surface area contributed by atoms with Gasteiger partial charge in [0.15, 0.2) is 0 Å². The van der Waals surface area contributed by atoms with Gasteiger partial charge in [-0.2, -0.15) is 0 Å². The number of carbonyl (C=O) groups is 2. The van der Waals surface area contributed by atoms with E-state index in [1.165, 1.54) is 0 Å². The molecule has 136 valence electrons. The Morgan fingerprint density at radius 3 is 2.77 bits per heavy atom. The zero-order valence-electron chi connectivity index (χ0n) is 14.8. The van der Waals surface area contributed by atoms with Crippen molar-refractivity contribution in [3.63, 3.8) is 0 Å². The molecule has 6 rings (SSSR count). The Hall–Kier alpha value is -1.92. The zero-order valence-corrected chi connectivity index (χ0v) is 14.8. The van der Waals surface area contributed by atoms with Crippen LogP contribution >= 0.6 is 0 Å². The molecule has 6 heteroatoms. The molecule has 3 atom stereocenters. The van der Waals surface area contributed by atoms with Crippen molar-refractivity contribution < 1.29 is 9.59 Å². The van der Waals surface area contributed by atoms with Crippen LogP contribution in [0.15, 0.2) is 24.3 Å². The minimum atomic E-state index is -0.796. The molecule has 0 saturated carbocycles. The number of benzene rings is 1. The van der Waals surface area contributed by atoms with Gasteiger partial charge in [-0.1, -0.05) is 18.2 Å². The normalized spacial score (nSPS) is 36.6. The number of fused-ring (bicyclic) bond motifs is 4. The quantitative estimate of drug-likeness (QED) is 0.783. The number of nitrogens with zero attached hydrogens (tertiary/aromatic N) is 2. The number of rotatable bonds is 1. The lowest BCUT2D eigenvalue weighted by atomic mass is 9.72. The Morgan fingerprint density at radius 1 is 1.19 bits per heavy atom. The van der Waals surface area contributed by atoms with Crippen molar-refractivity contribution >= 4 is 17.5 Å². The summed E-state index contributed by atoms with van der Waals surface area (Å²) in [6, 6.07) is 8.30. The van der Waals surface area contributed by atoms with Crippen molar-refractivity contribution in [2.75, 3.05) is 38.0 Å². The van der Waals surface area contributed by atoms with Crippen molar-refractivity contribution in [2.24, 2.45) is 11.3 Å². The second-order valence-corrected chi connectivity index (χ2v) is 8.84. The average molecular weight is 352 g/mol. The Balaban J connectivity index is 1.41. The largest absolute Gasteiger partial charge is 0.341 e. The maximum absolute atomic E-state index is 13.5. The molecule has 5 aliphatic rings. The van der Waals surface area contributed by atoms with Crippen molar-refractivity contribution in [3.05, 3.63) is 29.8 Å². The maximum atomic E-state index is 13.5. The minimum absolute atomic E-state index is 0.00185. The summed E-state index contributed by atoms with van der Waals surface area (Å²) in [6.45, 7) is 4.64. The van der Waals surface area contributed by atoms with Gasteiger partial charge in [0, 0.05) is 48.9 Å². The molecule has 6 nitrogen and oxygen atoms in total. The molecule has 1 aromatic rings. The van der Waals surface area contributed by atoms with Crippen LogP contribution in [0, 0.1) is 11.3 Å². The van der Waals surface area contributed by atoms with E-state index >= 15 is 0 Å². The van der Waals surface area contributed by atoms with E-state index in [0.717, 1.165) is 63.2 Å². The highest BCUT2D eigenvalue weighted by atomic mass is 16.2. The predicted octanol–water partition coefficient (Wildman–Crippen LogP) is 0.750. The third kappa shape index (κ3) is 1.65. The molecule has 0 aliphatic carbocycles. The van der Waals surface area contributed by atoms with Gasteiger partial charge in [-0.25, -0.2) is 0 Å². The first-order chi connectivity index (χ1) is 12.6. The lowest BCUT2D eigenvalue weighted by molar-refractivity contribution is -0.157. The molecule has 0 radical (unpaired) electrons. The summed E-state index contributed by atoms with van der Waals surface area (Å²) in [5.74, 6) is -0.0763. The monoisotopic (exact) mass is 352 g/mol.